The number of hydrogen-bond donors (Lipinski definition) is 1. The maximum atomic E-state index is 14.9. The van der Waals surface area contributed by atoms with Crippen molar-refractivity contribution in [1.82, 2.24) is 15.2 Å². The highest BCUT2D eigenvalue weighted by Crippen LogP contribution is 2.43. The first kappa shape index (κ1) is 25.0. The lowest BCUT2D eigenvalue weighted by molar-refractivity contribution is -0.136. The molecule has 7 nitrogen and oxygen atoms in total. The highest BCUT2D eigenvalue weighted by atomic mass is 32.1. The molecule has 0 bridgehead atoms. The van der Waals surface area contributed by atoms with Gasteiger partial charge in [-0.1, -0.05) is 0 Å². The number of rotatable bonds is 3. The van der Waals surface area contributed by atoms with Gasteiger partial charge in [-0.15, -0.1) is 11.3 Å². The molecule has 33 heavy (non-hydrogen) atoms. The Kier molecular flexibility index (Phi) is 6.79. The minimum atomic E-state index is -4.73. The standard InChI is InChI=1S/C21H25F4N3O4S/c1-10-14(21(23,24)25)16-15(11(9-33-16)17(29)26-5)27-18(10)31-13-6-7-28(8-12(13)22)19(30)32-20(2,3)4/h9,12-13H,6-8H2,1-5H3,(H,26,29)/t12-,13+/m0/s1. The summed E-state index contributed by atoms with van der Waals surface area (Å²) >= 11 is 0.757. The Bertz CT molecular complexity index is 1060. The number of halogens is 4. The second-order valence-electron chi connectivity index (χ2n) is 8.71. The minimum Gasteiger partial charge on any atom is -0.471 e. The van der Waals surface area contributed by atoms with Gasteiger partial charge in [0.05, 0.1) is 27.9 Å². The van der Waals surface area contributed by atoms with E-state index in [2.05, 4.69) is 10.3 Å². The number of thiophene rings is 1. The van der Waals surface area contributed by atoms with Crippen molar-refractivity contribution >= 4 is 33.6 Å². The molecule has 2 atom stereocenters. The molecule has 1 aliphatic rings. The van der Waals surface area contributed by atoms with Crippen LogP contribution in [0.25, 0.3) is 10.2 Å². The Morgan fingerprint density at radius 3 is 2.48 bits per heavy atom. The van der Waals surface area contributed by atoms with Crippen LogP contribution in [-0.2, 0) is 10.9 Å². The molecule has 2 amide bonds. The Labute approximate surface area is 192 Å². The summed E-state index contributed by atoms with van der Waals surface area (Å²) in [4.78, 5) is 29.7. The molecular formula is C21H25F4N3O4S. The van der Waals surface area contributed by atoms with Gasteiger partial charge < -0.3 is 19.7 Å². The van der Waals surface area contributed by atoms with E-state index in [9.17, 15) is 27.2 Å². The SMILES string of the molecule is CNC(=O)c1csc2c(C(F)(F)F)c(C)c(O[C@@H]3CCN(C(=O)OC(C)(C)C)C[C@@H]3F)nc12. The summed E-state index contributed by atoms with van der Waals surface area (Å²) in [6.45, 7) is 6.05. The molecule has 0 unspecified atom stereocenters. The first-order chi connectivity index (χ1) is 15.2. The molecule has 0 spiro atoms. The van der Waals surface area contributed by atoms with E-state index in [4.69, 9.17) is 9.47 Å². The number of carbonyl (C=O) groups is 2. The van der Waals surface area contributed by atoms with Crippen molar-refractivity contribution in [3.63, 3.8) is 0 Å². The predicted molar refractivity (Wildman–Crippen MR) is 114 cm³/mol. The summed E-state index contributed by atoms with van der Waals surface area (Å²) in [5.41, 5.74) is -2.19. The Morgan fingerprint density at radius 1 is 1.27 bits per heavy atom. The average Bonchev–Trinajstić information content (AvgIpc) is 3.09. The van der Waals surface area contributed by atoms with Crippen molar-refractivity contribution in [2.24, 2.45) is 0 Å². The second-order valence-corrected chi connectivity index (χ2v) is 9.59. The predicted octanol–water partition coefficient (Wildman–Crippen LogP) is 4.71. The zero-order valence-corrected chi connectivity index (χ0v) is 19.6. The summed E-state index contributed by atoms with van der Waals surface area (Å²) < 4.78 is 67.2. The number of alkyl halides is 4. The fourth-order valence-electron chi connectivity index (χ4n) is 3.51. The third kappa shape index (κ3) is 5.31. The number of likely N-dealkylation sites (tertiary alicyclic amines) is 1. The number of nitrogens with one attached hydrogen (secondary N) is 1. The highest BCUT2D eigenvalue weighted by molar-refractivity contribution is 7.17. The van der Waals surface area contributed by atoms with E-state index in [-0.39, 0.29) is 40.9 Å². The number of fused-ring (bicyclic) bond motifs is 1. The van der Waals surface area contributed by atoms with Crippen LogP contribution in [0.15, 0.2) is 5.38 Å². The van der Waals surface area contributed by atoms with Gasteiger partial charge in [0.25, 0.3) is 5.91 Å². The van der Waals surface area contributed by atoms with Crippen LogP contribution >= 0.6 is 11.3 Å². The fourth-order valence-corrected chi connectivity index (χ4v) is 4.61. The molecule has 1 saturated heterocycles. The van der Waals surface area contributed by atoms with Gasteiger partial charge in [0, 0.05) is 31.0 Å². The number of carbonyl (C=O) groups excluding carboxylic acids is 2. The van der Waals surface area contributed by atoms with Gasteiger partial charge in [0.1, 0.15) is 11.7 Å². The normalized spacial score (nSPS) is 19.5. The molecule has 0 radical (unpaired) electrons. The second kappa shape index (κ2) is 8.96. The Balaban J connectivity index is 1.91. The number of amides is 2. The van der Waals surface area contributed by atoms with Gasteiger partial charge in [-0.05, 0) is 27.7 Å². The summed E-state index contributed by atoms with van der Waals surface area (Å²) in [6, 6.07) is 0. The molecule has 2 aromatic heterocycles. The summed E-state index contributed by atoms with van der Waals surface area (Å²) in [5, 5.41) is 3.67. The monoisotopic (exact) mass is 491 g/mol. The fraction of sp³-hybridized carbons (Fsp3) is 0.571. The summed E-state index contributed by atoms with van der Waals surface area (Å²) in [5.74, 6) is -0.984. The van der Waals surface area contributed by atoms with Crippen molar-refractivity contribution in [3.05, 3.63) is 22.1 Å². The zero-order valence-electron chi connectivity index (χ0n) is 18.8. The van der Waals surface area contributed by atoms with Crippen LogP contribution in [0.2, 0.25) is 0 Å². The van der Waals surface area contributed by atoms with E-state index in [1.54, 1.807) is 20.8 Å². The molecule has 2 aromatic rings. The van der Waals surface area contributed by atoms with E-state index in [0.29, 0.717) is 0 Å². The van der Waals surface area contributed by atoms with Crippen LogP contribution in [0.4, 0.5) is 22.4 Å². The number of nitrogens with zero attached hydrogens (tertiary/aromatic N) is 2. The van der Waals surface area contributed by atoms with E-state index in [1.807, 2.05) is 0 Å². The quantitative estimate of drug-likeness (QED) is 0.629. The van der Waals surface area contributed by atoms with Crippen LogP contribution in [-0.4, -0.2) is 59.9 Å². The van der Waals surface area contributed by atoms with E-state index in [1.165, 1.54) is 24.3 Å². The molecular weight excluding hydrogens is 466 g/mol. The van der Waals surface area contributed by atoms with Gasteiger partial charge in [-0.25, -0.2) is 14.2 Å². The van der Waals surface area contributed by atoms with Crippen LogP contribution in [0.5, 0.6) is 5.88 Å². The lowest BCUT2D eigenvalue weighted by Crippen LogP contribution is -2.50. The van der Waals surface area contributed by atoms with Gasteiger partial charge in [0.2, 0.25) is 5.88 Å². The molecule has 3 rings (SSSR count). The zero-order chi connectivity index (χ0) is 24.7. The van der Waals surface area contributed by atoms with Crippen molar-refractivity contribution < 1.29 is 36.6 Å². The highest BCUT2D eigenvalue weighted by Gasteiger charge is 2.40. The van der Waals surface area contributed by atoms with E-state index < -0.39 is 47.5 Å². The van der Waals surface area contributed by atoms with Crippen molar-refractivity contribution in [2.75, 3.05) is 20.1 Å². The smallest absolute Gasteiger partial charge is 0.418 e. The van der Waals surface area contributed by atoms with Crippen LogP contribution < -0.4 is 10.1 Å². The van der Waals surface area contributed by atoms with Gasteiger partial charge in [-0.2, -0.15) is 13.2 Å². The van der Waals surface area contributed by atoms with Gasteiger partial charge in [0.15, 0.2) is 6.17 Å². The maximum Gasteiger partial charge on any atom is 0.418 e. The summed E-state index contributed by atoms with van der Waals surface area (Å²) in [6.07, 6.45) is -8.16. The average molecular weight is 492 g/mol. The number of piperidine rings is 1. The first-order valence-electron chi connectivity index (χ1n) is 10.2. The number of hydrogen-bond acceptors (Lipinski definition) is 6. The van der Waals surface area contributed by atoms with E-state index in [0.717, 1.165) is 11.3 Å². The molecule has 0 aliphatic carbocycles. The molecule has 0 saturated carbocycles. The Morgan fingerprint density at radius 2 is 1.94 bits per heavy atom. The van der Waals surface area contributed by atoms with Crippen molar-refractivity contribution in [1.29, 1.82) is 0 Å². The topological polar surface area (TPSA) is 80.8 Å². The van der Waals surface area contributed by atoms with Crippen LogP contribution in [0, 0.1) is 6.92 Å². The molecule has 182 valence electrons. The molecule has 12 heteroatoms. The molecule has 0 aromatic carbocycles. The lowest BCUT2D eigenvalue weighted by Gasteiger charge is -2.35. The first-order valence-corrected chi connectivity index (χ1v) is 11.1. The number of aromatic nitrogens is 1. The third-order valence-corrected chi connectivity index (χ3v) is 6.04. The summed E-state index contributed by atoms with van der Waals surface area (Å²) in [7, 11) is 1.36. The lowest BCUT2D eigenvalue weighted by atomic mass is 10.1. The number of pyridine rings is 1. The van der Waals surface area contributed by atoms with Crippen LogP contribution in [0.3, 0.4) is 0 Å². The minimum absolute atomic E-state index is 0.0237. The third-order valence-electron chi connectivity index (χ3n) is 5.05. The molecule has 3 heterocycles. The van der Waals surface area contributed by atoms with Crippen molar-refractivity contribution in [2.45, 2.75) is 58.2 Å². The Hall–Kier alpha value is -2.63. The number of ether oxygens (including phenoxy) is 2. The molecule has 1 aliphatic heterocycles. The van der Waals surface area contributed by atoms with Crippen molar-refractivity contribution in [3.8, 4) is 5.88 Å². The van der Waals surface area contributed by atoms with Gasteiger partial charge >= 0.3 is 12.3 Å². The molecule has 1 N–H and O–H groups in total. The van der Waals surface area contributed by atoms with Gasteiger partial charge in [-0.3, -0.25) is 4.79 Å². The van der Waals surface area contributed by atoms with Crippen LogP contribution in [0.1, 0.15) is 48.7 Å². The van der Waals surface area contributed by atoms with E-state index >= 15 is 0 Å². The largest absolute Gasteiger partial charge is 0.471 e. The maximum absolute atomic E-state index is 14.9. The molecule has 1 fully saturated rings.